The second-order valence-corrected chi connectivity index (χ2v) is 7.81. The van der Waals surface area contributed by atoms with E-state index in [1.165, 1.54) is 5.56 Å². The first kappa shape index (κ1) is 18.3. The summed E-state index contributed by atoms with van der Waals surface area (Å²) in [6, 6.07) is 8.15. The number of likely N-dealkylation sites (N-methyl/N-ethyl adjacent to an activating group) is 1. The fourth-order valence-corrected chi connectivity index (χ4v) is 3.06. The average Bonchev–Trinajstić information content (AvgIpc) is 2.62. The number of rotatable bonds is 3. The highest BCUT2D eigenvalue weighted by atomic mass is 16.2. The molecule has 6 nitrogen and oxygen atoms in total. The summed E-state index contributed by atoms with van der Waals surface area (Å²) in [6.07, 6.45) is 3.21. The minimum atomic E-state index is -0.000239. The Morgan fingerprint density at radius 1 is 1.04 bits per heavy atom. The summed E-state index contributed by atoms with van der Waals surface area (Å²) in [7, 11) is 2.07. The molecule has 1 aliphatic rings. The van der Waals surface area contributed by atoms with Crippen molar-refractivity contribution in [2.45, 2.75) is 26.2 Å². The average molecular weight is 353 g/mol. The third-order valence-electron chi connectivity index (χ3n) is 4.67. The van der Waals surface area contributed by atoms with E-state index >= 15 is 0 Å². The summed E-state index contributed by atoms with van der Waals surface area (Å²) >= 11 is 0. The number of hydrogen-bond donors (Lipinski definition) is 1. The standard InChI is InChI=1S/C20H27N5O/c1-20(2,3)16-7-5-6-8-17(16)23-19-21-13-15(14-22-19)18(26)25-11-9-24(4)10-12-25/h5-8,13-14H,9-12H2,1-4H3,(H,21,22,23). The lowest BCUT2D eigenvalue weighted by Crippen LogP contribution is -2.47. The van der Waals surface area contributed by atoms with E-state index in [4.69, 9.17) is 0 Å². The highest BCUT2D eigenvalue weighted by Crippen LogP contribution is 2.30. The van der Waals surface area contributed by atoms with Gasteiger partial charge in [-0.05, 0) is 24.1 Å². The quantitative estimate of drug-likeness (QED) is 0.919. The van der Waals surface area contributed by atoms with Crippen LogP contribution in [0, 0.1) is 0 Å². The Morgan fingerprint density at radius 2 is 1.65 bits per heavy atom. The van der Waals surface area contributed by atoms with Crippen LogP contribution >= 0.6 is 0 Å². The molecule has 3 rings (SSSR count). The van der Waals surface area contributed by atoms with E-state index in [1.807, 2.05) is 23.1 Å². The van der Waals surface area contributed by atoms with Gasteiger partial charge in [0.05, 0.1) is 5.56 Å². The number of aromatic nitrogens is 2. The van der Waals surface area contributed by atoms with Crippen molar-refractivity contribution in [2.24, 2.45) is 0 Å². The Bertz CT molecular complexity index is 759. The van der Waals surface area contributed by atoms with Crippen LogP contribution in [0.1, 0.15) is 36.7 Å². The molecule has 0 saturated carbocycles. The number of hydrogen-bond acceptors (Lipinski definition) is 5. The Labute approximate surface area is 155 Å². The van der Waals surface area contributed by atoms with Gasteiger partial charge in [-0.1, -0.05) is 39.0 Å². The summed E-state index contributed by atoms with van der Waals surface area (Å²) in [6.45, 7) is 9.80. The third kappa shape index (κ3) is 4.19. The monoisotopic (exact) mass is 353 g/mol. The van der Waals surface area contributed by atoms with Gasteiger partial charge in [0.1, 0.15) is 0 Å². The molecular weight excluding hydrogens is 326 g/mol. The number of piperazine rings is 1. The lowest BCUT2D eigenvalue weighted by Gasteiger charge is -2.32. The van der Waals surface area contributed by atoms with Gasteiger partial charge in [0, 0.05) is 44.3 Å². The van der Waals surface area contributed by atoms with E-state index in [1.54, 1.807) is 12.4 Å². The number of nitrogens with one attached hydrogen (secondary N) is 1. The van der Waals surface area contributed by atoms with E-state index in [-0.39, 0.29) is 11.3 Å². The topological polar surface area (TPSA) is 61.4 Å². The molecule has 6 heteroatoms. The molecule has 1 aromatic heterocycles. The second-order valence-electron chi connectivity index (χ2n) is 7.81. The van der Waals surface area contributed by atoms with Crippen molar-refractivity contribution in [1.29, 1.82) is 0 Å². The van der Waals surface area contributed by atoms with Crippen LogP contribution in [0.15, 0.2) is 36.7 Å². The van der Waals surface area contributed by atoms with Crippen molar-refractivity contribution in [3.05, 3.63) is 47.8 Å². The van der Waals surface area contributed by atoms with Crippen molar-refractivity contribution < 1.29 is 4.79 Å². The summed E-state index contributed by atoms with van der Waals surface area (Å²) in [5, 5.41) is 3.28. The van der Waals surface area contributed by atoms with Crippen LogP contribution < -0.4 is 5.32 Å². The number of nitrogens with zero attached hydrogens (tertiary/aromatic N) is 4. The summed E-state index contributed by atoms with van der Waals surface area (Å²) in [5.74, 6) is 0.497. The first-order valence-electron chi connectivity index (χ1n) is 9.01. The van der Waals surface area contributed by atoms with E-state index in [0.717, 1.165) is 31.9 Å². The molecule has 1 N–H and O–H groups in total. The highest BCUT2D eigenvalue weighted by molar-refractivity contribution is 5.93. The molecule has 0 radical (unpaired) electrons. The van der Waals surface area contributed by atoms with Gasteiger partial charge in [-0.15, -0.1) is 0 Å². The maximum atomic E-state index is 12.6. The number of carbonyl (C=O) groups excluding carboxylic acids is 1. The van der Waals surface area contributed by atoms with Gasteiger partial charge in [0.15, 0.2) is 0 Å². The van der Waals surface area contributed by atoms with Crippen LogP contribution in [0.25, 0.3) is 0 Å². The molecule has 0 unspecified atom stereocenters. The zero-order chi connectivity index (χ0) is 18.7. The van der Waals surface area contributed by atoms with Gasteiger partial charge < -0.3 is 15.1 Å². The number of anilines is 2. The molecule has 0 atom stereocenters. The molecule has 1 fully saturated rings. The van der Waals surface area contributed by atoms with Crippen LogP contribution in [0.3, 0.4) is 0 Å². The Kier molecular flexibility index (Phi) is 5.23. The maximum Gasteiger partial charge on any atom is 0.257 e. The highest BCUT2D eigenvalue weighted by Gasteiger charge is 2.21. The second kappa shape index (κ2) is 7.41. The number of para-hydroxylation sites is 1. The fourth-order valence-electron chi connectivity index (χ4n) is 3.06. The molecule has 0 aliphatic carbocycles. The van der Waals surface area contributed by atoms with Crippen LogP contribution in [0.2, 0.25) is 0 Å². The Hall–Kier alpha value is -2.47. The first-order valence-corrected chi connectivity index (χ1v) is 9.01. The molecular formula is C20H27N5O. The number of benzene rings is 1. The zero-order valence-electron chi connectivity index (χ0n) is 16.0. The van der Waals surface area contributed by atoms with E-state index in [2.05, 4.69) is 54.1 Å². The first-order chi connectivity index (χ1) is 12.3. The lowest BCUT2D eigenvalue weighted by molar-refractivity contribution is 0.0663. The fraction of sp³-hybridized carbons (Fsp3) is 0.450. The molecule has 138 valence electrons. The van der Waals surface area contributed by atoms with Gasteiger partial charge in [-0.2, -0.15) is 0 Å². The summed E-state index contributed by atoms with van der Waals surface area (Å²) < 4.78 is 0. The van der Waals surface area contributed by atoms with Crippen LogP contribution in [-0.4, -0.2) is 58.9 Å². The minimum Gasteiger partial charge on any atom is -0.336 e. The molecule has 1 saturated heterocycles. The van der Waals surface area contributed by atoms with Crippen LogP contribution in [0.5, 0.6) is 0 Å². The van der Waals surface area contributed by atoms with Crippen LogP contribution in [0.4, 0.5) is 11.6 Å². The molecule has 1 aromatic carbocycles. The molecule has 2 aromatic rings. The van der Waals surface area contributed by atoms with Gasteiger partial charge in [-0.25, -0.2) is 9.97 Å². The SMILES string of the molecule is CN1CCN(C(=O)c2cnc(Nc3ccccc3C(C)(C)C)nc2)CC1. The van der Waals surface area contributed by atoms with Crippen molar-refractivity contribution >= 4 is 17.5 Å². The van der Waals surface area contributed by atoms with Gasteiger partial charge in [0.25, 0.3) is 5.91 Å². The molecule has 26 heavy (non-hydrogen) atoms. The predicted molar refractivity (Wildman–Crippen MR) is 104 cm³/mol. The molecule has 0 spiro atoms. The van der Waals surface area contributed by atoms with Crippen molar-refractivity contribution in [3.63, 3.8) is 0 Å². The smallest absolute Gasteiger partial charge is 0.257 e. The summed E-state index contributed by atoms with van der Waals surface area (Å²) in [5.41, 5.74) is 2.73. The third-order valence-corrected chi connectivity index (χ3v) is 4.67. The Balaban J connectivity index is 1.72. The number of amides is 1. The minimum absolute atomic E-state index is 0.000239. The van der Waals surface area contributed by atoms with Gasteiger partial charge in [-0.3, -0.25) is 4.79 Å². The largest absolute Gasteiger partial charge is 0.336 e. The van der Waals surface area contributed by atoms with Crippen molar-refractivity contribution in [3.8, 4) is 0 Å². The van der Waals surface area contributed by atoms with Crippen LogP contribution in [-0.2, 0) is 5.41 Å². The zero-order valence-corrected chi connectivity index (χ0v) is 16.0. The van der Waals surface area contributed by atoms with E-state index in [9.17, 15) is 4.79 Å². The van der Waals surface area contributed by atoms with Crippen molar-refractivity contribution in [2.75, 3.05) is 38.5 Å². The van der Waals surface area contributed by atoms with E-state index < -0.39 is 0 Å². The normalized spacial score (nSPS) is 15.8. The maximum absolute atomic E-state index is 12.6. The summed E-state index contributed by atoms with van der Waals surface area (Å²) in [4.78, 5) is 25.3. The predicted octanol–water partition coefficient (Wildman–Crippen LogP) is 2.91. The lowest BCUT2D eigenvalue weighted by atomic mass is 9.86. The van der Waals surface area contributed by atoms with Gasteiger partial charge in [0.2, 0.25) is 5.95 Å². The molecule has 0 bridgehead atoms. The molecule has 2 heterocycles. The van der Waals surface area contributed by atoms with E-state index in [0.29, 0.717) is 11.5 Å². The number of carbonyl (C=O) groups is 1. The Morgan fingerprint density at radius 3 is 2.27 bits per heavy atom. The van der Waals surface area contributed by atoms with Gasteiger partial charge >= 0.3 is 0 Å². The molecule has 1 amide bonds. The molecule has 1 aliphatic heterocycles. The van der Waals surface area contributed by atoms with Crippen molar-refractivity contribution in [1.82, 2.24) is 19.8 Å².